The average molecular weight is 449 g/mol. The first-order valence-corrected chi connectivity index (χ1v) is 11.5. The number of carbonyl (C=O) groups is 1. The minimum atomic E-state index is -3.97. The number of methoxy groups -OCH3 is 1. The number of aryl methyl sites for hydroxylation is 1. The van der Waals surface area contributed by atoms with Crippen molar-refractivity contribution >= 4 is 21.6 Å². The van der Waals surface area contributed by atoms with Gasteiger partial charge in [-0.05, 0) is 63.3 Å². The van der Waals surface area contributed by atoms with Gasteiger partial charge in [0, 0.05) is 25.3 Å². The Hall–Kier alpha value is -2.85. The fraction of sp³-hybridized carbons (Fsp3) is 0.429. The third-order valence-electron chi connectivity index (χ3n) is 5.37. The zero-order valence-electron chi connectivity index (χ0n) is 18.0. The minimum absolute atomic E-state index is 0.00425. The molecule has 0 saturated carbocycles. The van der Waals surface area contributed by atoms with Crippen molar-refractivity contribution in [1.82, 2.24) is 14.4 Å². The number of rotatable bonds is 6. The van der Waals surface area contributed by atoms with Crippen molar-refractivity contribution in [1.29, 1.82) is 0 Å². The fourth-order valence-corrected chi connectivity index (χ4v) is 4.49. The Kier molecular flexibility index (Phi) is 7.01. The molecule has 0 unspecified atom stereocenters. The van der Waals surface area contributed by atoms with Crippen molar-refractivity contribution < 1.29 is 17.9 Å². The summed E-state index contributed by atoms with van der Waals surface area (Å²) in [5.41, 5.74) is -0.0834. The molecule has 1 aromatic heterocycles. The quantitative estimate of drug-likeness (QED) is 0.711. The van der Waals surface area contributed by atoms with Gasteiger partial charge in [0.05, 0.1) is 12.0 Å². The van der Waals surface area contributed by atoms with Gasteiger partial charge in [-0.3, -0.25) is 14.3 Å². The Labute approximate surface area is 182 Å². The van der Waals surface area contributed by atoms with Crippen molar-refractivity contribution in [2.75, 3.05) is 45.1 Å². The lowest BCUT2D eigenvalue weighted by Crippen LogP contribution is -2.39. The minimum Gasteiger partial charge on any atom is -0.497 e. The third-order valence-corrected chi connectivity index (χ3v) is 6.75. The highest BCUT2D eigenvalue weighted by atomic mass is 32.2. The Morgan fingerprint density at radius 2 is 1.77 bits per heavy atom. The van der Waals surface area contributed by atoms with Crippen molar-refractivity contribution in [3.63, 3.8) is 0 Å². The first-order valence-electron chi connectivity index (χ1n) is 10.0. The van der Waals surface area contributed by atoms with Crippen LogP contribution in [-0.4, -0.2) is 69.0 Å². The predicted molar refractivity (Wildman–Crippen MR) is 118 cm³/mol. The number of anilines is 1. The molecule has 1 aromatic carbocycles. The number of hydrogen-bond donors (Lipinski definition) is 1. The van der Waals surface area contributed by atoms with Crippen molar-refractivity contribution in [2.24, 2.45) is 0 Å². The van der Waals surface area contributed by atoms with E-state index in [1.165, 1.54) is 42.0 Å². The zero-order valence-corrected chi connectivity index (χ0v) is 18.8. The lowest BCUT2D eigenvalue weighted by molar-refractivity contribution is -0.131. The molecule has 0 spiro atoms. The van der Waals surface area contributed by atoms with Gasteiger partial charge in [-0.15, -0.1) is 0 Å². The van der Waals surface area contributed by atoms with E-state index in [1.54, 1.807) is 17.9 Å². The molecule has 10 heteroatoms. The smallest absolute Gasteiger partial charge is 0.275 e. The zero-order chi connectivity index (χ0) is 22.6. The van der Waals surface area contributed by atoms with E-state index in [2.05, 4.69) is 9.62 Å². The molecule has 1 aliphatic rings. The van der Waals surface area contributed by atoms with E-state index in [-0.39, 0.29) is 23.0 Å². The van der Waals surface area contributed by atoms with E-state index in [0.29, 0.717) is 24.5 Å². The summed E-state index contributed by atoms with van der Waals surface area (Å²) in [5, 5.41) is 0. The highest BCUT2D eigenvalue weighted by Crippen LogP contribution is 2.18. The average Bonchev–Trinajstić information content (AvgIpc) is 2.97. The molecule has 1 saturated heterocycles. The molecule has 1 amide bonds. The summed E-state index contributed by atoms with van der Waals surface area (Å²) < 4.78 is 34.1. The number of aromatic nitrogens is 1. The summed E-state index contributed by atoms with van der Waals surface area (Å²) in [6.45, 7) is 4.53. The van der Waals surface area contributed by atoms with Crippen molar-refractivity contribution in [3.8, 4) is 5.75 Å². The van der Waals surface area contributed by atoms with Gasteiger partial charge in [-0.2, -0.15) is 0 Å². The number of nitrogens with zero attached hydrogens (tertiary/aromatic N) is 3. The van der Waals surface area contributed by atoms with E-state index in [9.17, 15) is 18.0 Å². The number of benzene rings is 1. The second-order valence-electron chi connectivity index (χ2n) is 7.60. The van der Waals surface area contributed by atoms with Gasteiger partial charge >= 0.3 is 0 Å². The molecule has 0 bridgehead atoms. The summed E-state index contributed by atoms with van der Waals surface area (Å²) in [5.74, 6) is 0.366. The van der Waals surface area contributed by atoms with Gasteiger partial charge in [0.2, 0.25) is 5.91 Å². The number of ether oxygens (including phenoxy) is 1. The van der Waals surface area contributed by atoms with Crippen LogP contribution in [0.15, 0.2) is 46.1 Å². The maximum absolute atomic E-state index is 13.0. The summed E-state index contributed by atoms with van der Waals surface area (Å²) in [4.78, 5) is 29.7. The fourth-order valence-electron chi connectivity index (χ4n) is 3.43. The van der Waals surface area contributed by atoms with Crippen LogP contribution in [0.25, 0.3) is 0 Å². The Balaban J connectivity index is 1.81. The first kappa shape index (κ1) is 22.8. The molecule has 0 atom stereocenters. The van der Waals surface area contributed by atoms with E-state index < -0.39 is 15.6 Å². The number of hydrogen-bond acceptors (Lipinski definition) is 6. The Morgan fingerprint density at radius 1 is 1.06 bits per heavy atom. The molecule has 0 radical (unpaired) electrons. The van der Waals surface area contributed by atoms with E-state index >= 15 is 0 Å². The second kappa shape index (κ2) is 9.52. The van der Waals surface area contributed by atoms with Crippen LogP contribution in [0.2, 0.25) is 0 Å². The predicted octanol–water partition coefficient (Wildman–Crippen LogP) is 1.13. The lowest BCUT2D eigenvalue weighted by atomic mass is 10.3. The molecule has 0 aliphatic carbocycles. The summed E-state index contributed by atoms with van der Waals surface area (Å²) >= 11 is 0. The maximum atomic E-state index is 13.0. The molecule has 168 valence electrons. The van der Waals surface area contributed by atoms with Crippen LogP contribution in [0.5, 0.6) is 5.75 Å². The number of pyridine rings is 1. The normalized spacial score (nSPS) is 15.4. The van der Waals surface area contributed by atoms with E-state index in [0.717, 1.165) is 19.5 Å². The van der Waals surface area contributed by atoms with E-state index in [1.807, 2.05) is 7.05 Å². The van der Waals surface area contributed by atoms with Gasteiger partial charge in [0.1, 0.15) is 18.0 Å². The monoisotopic (exact) mass is 448 g/mol. The molecule has 31 heavy (non-hydrogen) atoms. The molecule has 1 aliphatic heterocycles. The number of amides is 1. The van der Waals surface area contributed by atoms with Gasteiger partial charge in [-0.25, -0.2) is 8.42 Å². The van der Waals surface area contributed by atoms with Crippen LogP contribution in [-0.2, 0) is 21.4 Å². The molecule has 1 N–H and O–H groups in total. The molecule has 2 aromatic rings. The van der Waals surface area contributed by atoms with Crippen LogP contribution >= 0.6 is 0 Å². The number of carbonyl (C=O) groups excluding carboxylic acids is 1. The van der Waals surface area contributed by atoms with E-state index in [4.69, 9.17) is 4.74 Å². The number of likely N-dealkylation sites (N-methyl/N-ethyl adjacent to an activating group) is 1. The van der Waals surface area contributed by atoms with Crippen LogP contribution in [0.3, 0.4) is 0 Å². The summed E-state index contributed by atoms with van der Waals surface area (Å²) in [7, 11) is -0.467. The van der Waals surface area contributed by atoms with Crippen LogP contribution in [0, 0.1) is 6.92 Å². The van der Waals surface area contributed by atoms with Crippen molar-refractivity contribution in [2.45, 2.75) is 24.8 Å². The van der Waals surface area contributed by atoms with Crippen molar-refractivity contribution in [3.05, 3.63) is 52.4 Å². The molecule has 9 nitrogen and oxygen atoms in total. The maximum Gasteiger partial charge on any atom is 0.275 e. The van der Waals surface area contributed by atoms with Gasteiger partial charge in [0.25, 0.3) is 15.6 Å². The molecule has 2 heterocycles. The summed E-state index contributed by atoms with van der Waals surface area (Å²) in [6, 6.07) is 8.89. The van der Waals surface area contributed by atoms with Gasteiger partial charge < -0.3 is 19.1 Å². The second-order valence-corrected chi connectivity index (χ2v) is 9.28. The molecular formula is C21H28N4O5S. The van der Waals surface area contributed by atoms with Crippen LogP contribution in [0.1, 0.15) is 12.1 Å². The van der Waals surface area contributed by atoms with Gasteiger partial charge in [-0.1, -0.05) is 0 Å². The Morgan fingerprint density at radius 3 is 2.45 bits per heavy atom. The SMILES string of the molecule is COc1ccc(S(=O)(=O)Nc2ccc(C)n(CC(=O)N3CCCN(C)CC3)c2=O)cc1. The highest BCUT2D eigenvalue weighted by molar-refractivity contribution is 7.92. The molecule has 3 rings (SSSR count). The molecule has 1 fully saturated rings. The van der Waals surface area contributed by atoms with Crippen LogP contribution < -0.4 is 15.0 Å². The number of sulfonamides is 1. The summed E-state index contributed by atoms with van der Waals surface area (Å²) in [6.07, 6.45) is 0.873. The standard InChI is InChI=1S/C21H28N4O5S/c1-16-5-10-19(22-31(28,29)18-8-6-17(30-3)7-9-18)21(27)25(16)15-20(26)24-12-4-11-23(2)13-14-24/h5-10,22H,4,11-15H2,1-3H3. The topological polar surface area (TPSA) is 101 Å². The van der Waals surface area contributed by atoms with Crippen LogP contribution in [0.4, 0.5) is 5.69 Å². The third kappa shape index (κ3) is 5.45. The largest absolute Gasteiger partial charge is 0.497 e. The Bertz CT molecular complexity index is 1100. The number of nitrogens with one attached hydrogen (secondary N) is 1. The highest BCUT2D eigenvalue weighted by Gasteiger charge is 2.21. The lowest BCUT2D eigenvalue weighted by Gasteiger charge is -2.22. The molecular weight excluding hydrogens is 420 g/mol. The van der Waals surface area contributed by atoms with Gasteiger partial charge in [0.15, 0.2) is 0 Å². The first-order chi connectivity index (χ1) is 14.7.